The standard InChI is InChI=1S/C16H14BrCl2N3OS/c17-11-6-8-12(9-7-11)20-16(24)22-14(13(18)19)21-15(23)10-4-2-1-3-5-10/h1-9,13-14H,(H,21,23)(H2,20,22,24). The average molecular weight is 447 g/mol. The number of alkyl halides is 2. The van der Waals surface area contributed by atoms with Crippen molar-refractivity contribution >= 4 is 68.1 Å². The van der Waals surface area contributed by atoms with Crippen LogP contribution in [0.2, 0.25) is 0 Å². The molecular weight excluding hydrogens is 433 g/mol. The lowest BCUT2D eigenvalue weighted by molar-refractivity contribution is 0.0936. The van der Waals surface area contributed by atoms with Crippen molar-refractivity contribution < 1.29 is 4.79 Å². The van der Waals surface area contributed by atoms with Crippen LogP contribution in [0.25, 0.3) is 0 Å². The van der Waals surface area contributed by atoms with Crippen molar-refractivity contribution in [3.05, 3.63) is 64.6 Å². The first kappa shape index (κ1) is 19.0. The number of nitrogens with one attached hydrogen (secondary N) is 3. The van der Waals surface area contributed by atoms with Crippen molar-refractivity contribution in [2.75, 3.05) is 5.32 Å². The van der Waals surface area contributed by atoms with E-state index in [1.54, 1.807) is 24.3 Å². The fourth-order valence-electron chi connectivity index (χ4n) is 1.82. The molecule has 0 fully saturated rings. The van der Waals surface area contributed by atoms with Gasteiger partial charge in [0.05, 0.1) is 0 Å². The van der Waals surface area contributed by atoms with E-state index in [-0.39, 0.29) is 5.91 Å². The number of hydrogen-bond acceptors (Lipinski definition) is 2. The van der Waals surface area contributed by atoms with E-state index in [0.717, 1.165) is 10.2 Å². The first-order valence-corrected chi connectivity index (χ1v) is 9.00. The van der Waals surface area contributed by atoms with Gasteiger partial charge in [-0.05, 0) is 48.6 Å². The molecule has 8 heteroatoms. The van der Waals surface area contributed by atoms with Crippen LogP contribution in [-0.2, 0) is 0 Å². The Balaban J connectivity index is 1.96. The summed E-state index contributed by atoms with van der Waals surface area (Å²) in [6, 6.07) is 16.2. The Morgan fingerprint density at radius 3 is 2.21 bits per heavy atom. The number of amides is 1. The van der Waals surface area contributed by atoms with Crippen molar-refractivity contribution in [1.29, 1.82) is 0 Å². The Morgan fingerprint density at radius 2 is 1.62 bits per heavy atom. The van der Waals surface area contributed by atoms with Crippen LogP contribution in [0.1, 0.15) is 10.4 Å². The summed E-state index contributed by atoms with van der Waals surface area (Å²) in [6.45, 7) is 0. The number of benzene rings is 2. The number of carbonyl (C=O) groups is 1. The zero-order valence-electron chi connectivity index (χ0n) is 12.3. The van der Waals surface area contributed by atoms with Gasteiger partial charge in [-0.1, -0.05) is 34.1 Å². The third-order valence-electron chi connectivity index (χ3n) is 2.96. The van der Waals surface area contributed by atoms with Crippen LogP contribution in [0.3, 0.4) is 0 Å². The van der Waals surface area contributed by atoms with Crippen LogP contribution in [0.4, 0.5) is 5.69 Å². The van der Waals surface area contributed by atoms with Gasteiger partial charge >= 0.3 is 0 Å². The Labute approximate surface area is 164 Å². The molecular formula is C16H14BrCl2N3OS. The lowest BCUT2D eigenvalue weighted by Crippen LogP contribution is -2.52. The summed E-state index contributed by atoms with van der Waals surface area (Å²) >= 11 is 20.5. The molecule has 0 heterocycles. The van der Waals surface area contributed by atoms with E-state index in [2.05, 4.69) is 31.9 Å². The van der Waals surface area contributed by atoms with Crippen molar-refractivity contribution in [3.8, 4) is 0 Å². The number of carbonyl (C=O) groups excluding carboxylic acids is 1. The van der Waals surface area contributed by atoms with Crippen molar-refractivity contribution in [1.82, 2.24) is 10.6 Å². The van der Waals surface area contributed by atoms with Gasteiger partial charge in [-0.3, -0.25) is 4.79 Å². The van der Waals surface area contributed by atoms with Crippen LogP contribution in [0.15, 0.2) is 59.1 Å². The molecule has 0 aliphatic heterocycles. The van der Waals surface area contributed by atoms with Crippen LogP contribution in [-0.4, -0.2) is 22.0 Å². The summed E-state index contributed by atoms with van der Waals surface area (Å²) in [7, 11) is 0. The highest BCUT2D eigenvalue weighted by atomic mass is 79.9. The van der Waals surface area contributed by atoms with Crippen LogP contribution in [0.5, 0.6) is 0 Å². The Bertz CT molecular complexity index is 698. The van der Waals surface area contributed by atoms with Crippen molar-refractivity contribution in [2.45, 2.75) is 11.0 Å². The van der Waals surface area contributed by atoms with Gasteiger partial charge in [-0.15, -0.1) is 23.2 Å². The monoisotopic (exact) mass is 445 g/mol. The lowest BCUT2D eigenvalue weighted by atomic mass is 10.2. The molecule has 0 saturated carbocycles. The Hall–Kier alpha value is -1.34. The third-order valence-corrected chi connectivity index (χ3v) is 4.22. The van der Waals surface area contributed by atoms with Crippen LogP contribution in [0, 0.1) is 0 Å². The molecule has 3 N–H and O–H groups in total. The number of hydrogen-bond donors (Lipinski definition) is 3. The molecule has 0 aliphatic carbocycles. The van der Waals surface area contributed by atoms with E-state index in [1.807, 2.05) is 30.3 Å². The lowest BCUT2D eigenvalue weighted by Gasteiger charge is -2.23. The van der Waals surface area contributed by atoms with E-state index in [4.69, 9.17) is 35.4 Å². The molecule has 0 bridgehead atoms. The average Bonchev–Trinajstić information content (AvgIpc) is 2.57. The van der Waals surface area contributed by atoms with Gasteiger partial charge in [0.15, 0.2) is 5.11 Å². The predicted molar refractivity (Wildman–Crippen MR) is 107 cm³/mol. The molecule has 1 amide bonds. The van der Waals surface area contributed by atoms with Gasteiger partial charge < -0.3 is 16.0 Å². The predicted octanol–water partition coefficient (Wildman–Crippen LogP) is 4.30. The largest absolute Gasteiger partial charge is 0.340 e. The fourth-order valence-corrected chi connectivity index (χ4v) is 2.58. The highest BCUT2D eigenvalue weighted by molar-refractivity contribution is 9.10. The molecule has 0 radical (unpaired) electrons. The summed E-state index contributed by atoms with van der Waals surface area (Å²) in [5.41, 5.74) is 1.30. The quantitative estimate of drug-likeness (QED) is 0.364. The van der Waals surface area contributed by atoms with E-state index in [1.165, 1.54) is 0 Å². The van der Waals surface area contributed by atoms with Gasteiger partial charge in [-0.2, -0.15) is 0 Å². The minimum atomic E-state index is -0.887. The summed E-state index contributed by atoms with van der Waals surface area (Å²) in [6.07, 6.45) is -0.739. The normalized spacial score (nSPS) is 11.7. The Kier molecular flexibility index (Phi) is 7.30. The Morgan fingerprint density at radius 1 is 1.00 bits per heavy atom. The number of rotatable bonds is 5. The molecule has 4 nitrogen and oxygen atoms in total. The van der Waals surface area contributed by atoms with Gasteiger partial charge in [0, 0.05) is 15.7 Å². The fraction of sp³-hybridized carbons (Fsp3) is 0.125. The maximum atomic E-state index is 12.2. The molecule has 1 unspecified atom stereocenters. The minimum Gasteiger partial charge on any atom is -0.340 e. The summed E-state index contributed by atoms with van der Waals surface area (Å²) < 4.78 is 0.960. The van der Waals surface area contributed by atoms with E-state index < -0.39 is 11.0 Å². The van der Waals surface area contributed by atoms with Crippen LogP contribution >= 0.6 is 51.3 Å². The van der Waals surface area contributed by atoms with Gasteiger partial charge in [0.1, 0.15) is 11.0 Å². The third kappa shape index (κ3) is 5.94. The molecule has 2 aromatic carbocycles. The molecule has 24 heavy (non-hydrogen) atoms. The maximum absolute atomic E-state index is 12.2. The summed E-state index contributed by atoms with van der Waals surface area (Å²) in [4.78, 5) is 11.3. The SMILES string of the molecule is O=C(NC(NC(=S)Nc1ccc(Br)cc1)C(Cl)Cl)c1ccccc1. The topological polar surface area (TPSA) is 53.2 Å². The van der Waals surface area contributed by atoms with Gasteiger partial charge in [-0.25, -0.2) is 0 Å². The molecule has 0 spiro atoms. The maximum Gasteiger partial charge on any atom is 0.252 e. The van der Waals surface area contributed by atoms with E-state index in [9.17, 15) is 4.79 Å². The van der Waals surface area contributed by atoms with Crippen molar-refractivity contribution in [2.24, 2.45) is 0 Å². The summed E-state index contributed by atoms with van der Waals surface area (Å²) in [5, 5.41) is 8.89. The second kappa shape index (κ2) is 9.22. The highest BCUT2D eigenvalue weighted by Gasteiger charge is 2.21. The van der Waals surface area contributed by atoms with Gasteiger partial charge in [0.25, 0.3) is 5.91 Å². The minimum absolute atomic E-state index is 0.294. The second-order valence-corrected chi connectivity index (χ2v) is 7.24. The second-order valence-electron chi connectivity index (χ2n) is 4.76. The molecule has 2 rings (SSSR count). The molecule has 2 aromatic rings. The van der Waals surface area contributed by atoms with Gasteiger partial charge in [0.2, 0.25) is 0 Å². The smallest absolute Gasteiger partial charge is 0.252 e. The molecule has 0 aromatic heterocycles. The first-order valence-electron chi connectivity index (χ1n) is 6.93. The highest BCUT2D eigenvalue weighted by Crippen LogP contribution is 2.14. The summed E-state index contributed by atoms with van der Waals surface area (Å²) in [5.74, 6) is -0.300. The van der Waals surface area contributed by atoms with E-state index in [0.29, 0.717) is 10.7 Å². The molecule has 126 valence electrons. The zero-order chi connectivity index (χ0) is 17.5. The number of anilines is 1. The molecule has 0 saturated heterocycles. The van der Waals surface area contributed by atoms with Crippen molar-refractivity contribution in [3.63, 3.8) is 0 Å². The number of thiocarbonyl (C=S) groups is 1. The number of halogens is 3. The van der Waals surface area contributed by atoms with E-state index >= 15 is 0 Å². The first-order chi connectivity index (χ1) is 11.5. The van der Waals surface area contributed by atoms with Crippen LogP contribution < -0.4 is 16.0 Å². The molecule has 1 atom stereocenters. The zero-order valence-corrected chi connectivity index (χ0v) is 16.2. The molecule has 0 aliphatic rings.